The van der Waals surface area contributed by atoms with Gasteiger partial charge in [-0.15, -0.1) is 0 Å². The summed E-state index contributed by atoms with van der Waals surface area (Å²) in [6, 6.07) is 0. The minimum atomic E-state index is -0.321. The Morgan fingerprint density at radius 1 is 1.40 bits per heavy atom. The van der Waals surface area contributed by atoms with Gasteiger partial charge in [-0.25, -0.2) is 4.79 Å². The Balaban J connectivity index is 2.02. The molecule has 3 heteroatoms. The molecule has 3 nitrogen and oxygen atoms in total. The fourth-order valence-corrected chi connectivity index (χ4v) is 1.46. The third-order valence-corrected chi connectivity index (χ3v) is 2.51. The lowest BCUT2D eigenvalue weighted by Crippen LogP contribution is -2.11. The van der Waals surface area contributed by atoms with Crippen molar-refractivity contribution < 1.29 is 14.3 Å². The zero-order valence-corrected chi connectivity index (χ0v) is 9.62. The van der Waals surface area contributed by atoms with Gasteiger partial charge in [0.1, 0.15) is 12.7 Å². The van der Waals surface area contributed by atoms with Crippen molar-refractivity contribution in [3.05, 3.63) is 12.2 Å². The van der Waals surface area contributed by atoms with Gasteiger partial charge in [0.25, 0.3) is 0 Å². The van der Waals surface area contributed by atoms with Crippen LogP contribution in [0.25, 0.3) is 0 Å². The van der Waals surface area contributed by atoms with Gasteiger partial charge in [-0.2, -0.15) is 0 Å². The Kier molecular flexibility index (Phi) is 4.82. The molecule has 1 saturated heterocycles. The Bertz CT molecular complexity index is 235. The lowest BCUT2D eigenvalue weighted by atomic mass is 10.1. The quantitative estimate of drug-likeness (QED) is 0.281. The Morgan fingerprint density at radius 2 is 2.13 bits per heavy atom. The Hall–Kier alpha value is -0.830. The van der Waals surface area contributed by atoms with E-state index in [2.05, 4.69) is 13.5 Å². The summed E-state index contributed by atoms with van der Waals surface area (Å²) in [5.41, 5.74) is 0.443. The number of esters is 1. The van der Waals surface area contributed by atoms with E-state index in [0.29, 0.717) is 18.3 Å². The first-order chi connectivity index (χ1) is 7.15. The molecule has 1 aliphatic rings. The fourth-order valence-electron chi connectivity index (χ4n) is 1.46. The molecular formula is C12H20O3. The van der Waals surface area contributed by atoms with Crippen LogP contribution in [-0.4, -0.2) is 24.8 Å². The molecule has 0 aliphatic carbocycles. The molecule has 86 valence electrons. The van der Waals surface area contributed by atoms with E-state index in [4.69, 9.17) is 9.47 Å². The predicted octanol–water partition coefficient (Wildman–Crippen LogP) is 2.45. The molecule has 2 atom stereocenters. The highest BCUT2D eigenvalue weighted by atomic mass is 16.6. The molecule has 0 bridgehead atoms. The summed E-state index contributed by atoms with van der Waals surface area (Å²) in [5.74, 6) is -0.321. The topological polar surface area (TPSA) is 38.8 Å². The smallest absolute Gasteiger partial charge is 0.333 e. The highest BCUT2D eigenvalue weighted by Gasteiger charge is 2.38. The van der Waals surface area contributed by atoms with Gasteiger partial charge in [0.05, 0.1) is 6.10 Å². The van der Waals surface area contributed by atoms with Crippen molar-refractivity contribution in [3.8, 4) is 0 Å². The van der Waals surface area contributed by atoms with Crippen LogP contribution in [0.15, 0.2) is 12.2 Å². The van der Waals surface area contributed by atoms with Crippen LogP contribution in [0.2, 0.25) is 0 Å². The normalized spacial score (nSPS) is 23.6. The maximum Gasteiger partial charge on any atom is 0.333 e. The molecular weight excluding hydrogens is 192 g/mol. The summed E-state index contributed by atoms with van der Waals surface area (Å²) in [5, 5.41) is 0. The predicted molar refractivity (Wildman–Crippen MR) is 58.6 cm³/mol. The number of carbonyl (C=O) groups excluding carboxylic acids is 1. The molecule has 1 aliphatic heterocycles. The monoisotopic (exact) mass is 212 g/mol. The van der Waals surface area contributed by atoms with Gasteiger partial charge in [0.2, 0.25) is 0 Å². The first kappa shape index (κ1) is 12.2. The number of ether oxygens (including phenoxy) is 2. The molecule has 0 spiro atoms. The van der Waals surface area contributed by atoms with E-state index in [-0.39, 0.29) is 12.1 Å². The summed E-state index contributed by atoms with van der Waals surface area (Å²) in [7, 11) is 0. The van der Waals surface area contributed by atoms with E-state index in [9.17, 15) is 4.79 Å². The van der Waals surface area contributed by atoms with Gasteiger partial charge in [-0.1, -0.05) is 32.8 Å². The molecule has 15 heavy (non-hydrogen) atoms. The van der Waals surface area contributed by atoms with Gasteiger partial charge < -0.3 is 9.47 Å². The van der Waals surface area contributed by atoms with Gasteiger partial charge in [0.15, 0.2) is 0 Å². The van der Waals surface area contributed by atoms with Gasteiger partial charge in [-0.05, 0) is 13.3 Å². The summed E-state index contributed by atoms with van der Waals surface area (Å²) >= 11 is 0. The largest absolute Gasteiger partial charge is 0.459 e. The van der Waals surface area contributed by atoms with Crippen LogP contribution in [0.5, 0.6) is 0 Å². The van der Waals surface area contributed by atoms with E-state index in [1.54, 1.807) is 6.92 Å². The number of epoxide rings is 1. The van der Waals surface area contributed by atoms with Crippen LogP contribution < -0.4 is 0 Å². The highest BCUT2D eigenvalue weighted by molar-refractivity contribution is 5.86. The van der Waals surface area contributed by atoms with Crippen LogP contribution in [0, 0.1) is 0 Å². The van der Waals surface area contributed by atoms with Crippen molar-refractivity contribution in [2.75, 3.05) is 6.61 Å². The average Bonchev–Trinajstić information content (AvgIpc) is 2.93. The Labute approximate surface area is 91.4 Å². The van der Waals surface area contributed by atoms with E-state index < -0.39 is 0 Å². The van der Waals surface area contributed by atoms with Crippen LogP contribution in [0.4, 0.5) is 0 Å². The highest BCUT2D eigenvalue weighted by Crippen LogP contribution is 2.27. The third-order valence-electron chi connectivity index (χ3n) is 2.51. The number of hydrogen-bond donors (Lipinski definition) is 0. The number of unbranched alkanes of at least 4 members (excludes halogenated alkanes) is 2. The minimum Gasteiger partial charge on any atom is -0.459 e. The van der Waals surface area contributed by atoms with Crippen LogP contribution in [-0.2, 0) is 14.3 Å². The van der Waals surface area contributed by atoms with Gasteiger partial charge in [-0.3, -0.25) is 0 Å². The van der Waals surface area contributed by atoms with Crippen molar-refractivity contribution in [1.29, 1.82) is 0 Å². The fraction of sp³-hybridized carbons (Fsp3) is 0.750. The molecule has 0 radical (unpaired) electrons. The summed E-state index contributed by atoms with van der Waals surface area (Å²) in [4.78, 5) is 11.1. The minimum absolute atomic E-state index is 0.130. The SMILES string of the molecule is C=C(C)C(=O)OCC1OC1CCCCC. The molecule has 0 N–H and O–H groups in total. The second-order valence-corrected chi connectivity index (χ2v) is 4.09. The standard InChI is InChI=1S/C12H20O3/c1-4-5-6-7-10-11(15-10)8-14-12(13)9(2)3/h10-11H,2,4-8H2,1,3H3. The molecule has 0 aromatic carbocycles. The molecule has 1 heterocycles. The van der Waals surface area contributed by atoms with Gasteiger partial charge in [0, 0.05) is 5.57 Å². The van der Waals surface area contributed by atoms with Crippen LogP contribution >= 0.6 is 0 Å². The van der Waals surface area contributed by atoms with Crippen molar-refractivity contribution in [3.63, 3.8) is 0 Å². The zero-order chi connectivity index (χ0) is 11.3. The number of carbonyl (C=O) groups is 1. The average molecular weight is 212 g/mol. The maximum absolute atomic E-state index is 11.1. The molecule has 1 rings (SSSR count). The first-order valence-corrected chi connectivity index (χ1v) is 5.63. The van der Waals surface area contributed by atoms with Crippen LogP contribution in [0.3, 0.4) is 0 Å². The second kappa shape index (κ2) is 5.91. The zero-order valence-electron chi connectivity index (χ0n) is 9.62. The van der Waals surface area contributed by atoms with Crippen molar-refractivity contribution >= 4 is 5.97 Å². The van der Waals surface area contributed by atoms with Crippen molar-refractivity contribution in [2.45, 2.75) is 51.7 Å². The van der Waals surface area contributed by atoms with E-state index in [1.807, 2.05) is 0 Å². The van der Waals surface area contributed by atoms with Crippen LogP contribution in [0.1, 0.15) is 39.5 Å². The molecule has 1 fully saturated rings. The van der Waals surface area contributed by atoms with E-state index in [0.717, 1.165) is 6.42 Å². The van der Waals surface area contributed by atoms with Gasteiger partial charge >= 0.3 is 5.97 Å². The molecule has 2 unspecified atom stereocenters. The first-order valence-electron chi connectivity index (χ1n) is 5.63. The Morgan fingerprint density at radius 3 is 2.73 bits per heavy atom. The third kappa shape index (κ3) is 4.47. The summed E-state index contributed by atoms with van der Waals surface area (Å²) in [6.45, 7) is 7.72. The molecule has 0 aromatic heterocycles. The number of hydrogen-bond acceptors (Lipinski definition) is 3. The molecule has 0 saturated carbocycles. The van der Waals surface area contributed by atoms with E-state index >= 15 is 0 Å². The number of rotatable bonds is 7. The summed E-state index contributed by atoms with van der Waals surface area (Å²) < 4.78 is 10.4. The lowest BCUT2D eigenvalue weighted by molar-refractivity contribution is -0.139. The summed E-state index contributed by atoms with van der Waals surface area (Å²) in [6.07, 6.45) is 5.20. The van der Waals surface area contributed by atoms with Crippen molar-refractivity contribution in [2.24, 2.45) is 0 Å². The van der Waals surface area contributed by atoms with E-state index in [1.165, 1.54) is 19.3 Å². The maximum atomic E-state index is 11.1. The molecule has 0 aromatic rings. The lowest BCUT2D eigenvalue weighted by Gasteiger charge is -2.00. The second-order valence-electron chi connectivity index (χ2n) is 4.09. The molecule has 0 amide bonds. The van der Waals surface area contributed by atoms with Crippen molar-refractivity contribution in [1.82, 2.24) is 0 Å².